The molecular formula is C17H22N2O3S2. The number of hydrogen-bond acceptors (Lipinski definition) is 4. The Hall–Kier alpha value is -1.86. The topological polar surface area (TPSA) is 66.5 Å². The molecule has 130 valence electrons. The van der Waals surface area contributed by atoms with Crippen molar-refractivity contribution in [1.29, 1.82) is 0 Å². The monoisotopic (exact) mass is 366 g/mol. The largest absolute Gasteiger partial charge is 0.351 e. The van der Waals surface area contributed by atoms with Crippen molar-refractivity contribution in [1.82, 2.24) is 5.32 Å². The van der Waals surface area contributed by atoms with Gasteiger partial charge < -0.3 is 5.32 Å². The summed E-state index contributed by atoms with van der Waals surface area (Å²) in [5, 5.41) is 4.40. The maximum Gasteiger partial charge on any atom is 0.265 e. The van der Waals surface area contributed by atoms with Gasteiger partial charge >= 0.3 is 0 Å². The highest BCUT2D eigenvalue weighted by Gasteiger charge is 2.28. The van der Waals surface area contributed by atoms with Crippen molar-refractivity contribution in [3.63, 3.8) is 0 Å². The molecule has 1 amide bonds. The van der Waals surface area contributed by atoms with Crippen molar-refractivity contribution >= 4 is 33.0 Å². The Morgan fingerprint density at radius 2 is 1.83 bits per heavy atom. The summed E-state index contributed by atoms with van der Waals surface area (Å²) in [4.78, 5) is 12.6. The van der Waals surface area contributed by atoms with Crippen LogP contribution in [0.25, 0.3) is 0 Å². The molecule has 0 bridgehead atoms. The third-order valence-corrected chi connectivity index (χ3v) is 6.41. The lowest BCUT2D eigenvalue weighted by Gasteiger charge is -2.20. The Morgan fingerprint density at radius 3 is 2.42 bits per heavy atom. The Kier molecular flexibility index (Phi) is 5.66. The van der Waals surface area contributed by atoms with E-state index in [0.29, 0.717) is 18.2 Å². The predicted octanol–water partition coefficient (Wildman–Crippen LogP) is 3.27. The lowest BCUT2D eigenvalue weighted by molar-refractivity contribution is 0.0950. The van der Waals surface area contributed by atoms with Crippen LogP contribution in [-0.4, -0.2) is 27.9 Å². The molecule has 0 aliphatic heterocycles. The highest BCUT2D eigenvalue weighted by atomic mass is 32.2. The lowest BCUT2D eigenvalue weighted by atomic mass is 10.2. The first-order valence-electron chi connectivity index (χ1n) is 7.64. The first kappa shape index (κ1) is 18.5. The summed E-state index contributed by atoms with van der Waals surface area (Å²) in [5.74, 6) is -0.0567. The number of carbonyl (C=O) groups excluding carboxylic acids is 1. The van der Waals surface area contributed by atoms with Crippen molar-refractivity contribution in [2.45, 2.75) is 25.7 Å². The lowest BCUT2D eigenvalue weighted by Crippen LogP contribution is -2.31. The fourth-order valence-corrected chi connectivity index (χ4v) is 4.60. The van der Waals surface area contributed by atoms with Gasteiger partial charge in [0.25, 0.3) is 15.9 Å². The van der Waals surface area contributed by atoms with Gasteiger partial charge in [-0.1, -0.05) is 31.5 Å². The number of hydrogen-bond donors (Lipinski definition) is 1. The summed E-state index contributed by atoms with van der Waals surface area (Å²) < 4.78 is 27.0. The van der Waals surface area contributed by atoms with Gasteiger partial charge in [-0.3, -0.25) is 9.10 Å². The molecule has 5 nitrogen and oxygen atoms in total. The number of nitrogens with zero attached hydrogens (tertiary/aromatic N) is 1. The van der Waals surface area contributed by atoms with Crippen LogP contribution in [-0.2, 0) is 10.0 Å². The second kappa shape index (κ2) is 7.36. The second-order valence-corrected chi connectivity index (χ2v) is 8.88. The Morgan fingerprint density at radius 1 is 1.21 bits per heavy atom. The molecule has 0 radical (unpaired) electrons. The minimum atomic E-state index is -3.79. The number of benzene rings is 1. The molecule has 0 atom stereocenters. The average molecular weight is 367 g/mol. The quantitative estimate of drug-likeness (QED) is 0.853. The molecule has 0 spiro atoms. The molecule has 0 saturated heterocycles. The van der Waals surface area contributed by atoms with Crippen molar-refractivity contribution in [2.75, 3.05) is 17.9 Å². The molecule has 0 fully saturated rings. The van der Waals surface area contributed by atoms with Gasteiger partial charge in [0.15, 0.2) is 0 Å². The summed E-state index contributed by atoms with van der Waals surface area (Å²) in [6.45, 7) is 6.41. The number of nitrogens with one attached hydrogen (secondary N) is 1. The minimum Gasteiger partial charge on any atom is -0.351 e. The zero-order valence-electron chi connectivity index (χ0n) is 14.2. The summed E-state index contributed by atoms with van der Waals surface area (Å²) >= 11 is 1.13. The summed E-state index contributed by atoms with van der Waals surface area (Å²) in [5.41, 5.74) is 1.61. The van der Waals surface area contributed by atoms with Crippen LogP contribution < -0.4 is 9.62 Å². The van der Waals surface area contributed by atoms with E-state index in [1.165, 1.54) is 17.4 Å². The zero-order chi connectivity index (χ0) is 17.9. The van der Waals surface area contributed by atoms with Gasteiger partial charge in [-0.25, -0.2) is 8.42 Å². The first-order valence-corrected chi connectivity index (χ1v) is 9.96. The van der Waals surface area contributed by atoms with Crippen molar-refractivity contribution in [3.8, 4) is 0 Å². The molecule has 0 aliphatic carbocycles. The molecule has 1 N–H and O–H groups in total. The summed E-state index contributed by atoms with van der Waals surface area (Å²) in [6, 6.07) is 8.68. The molecule has 1 heterocycles. The van der Waals surface area contributed by atoms with Crippen LogP contribution in [0.4, 0.5) is 5.69 Å². The van der Waals surface area contributed by atoms with E-state index in [4.69, 9.17) is 0 Å². The van der Waals surface area contributed by atoms with E-state index in [-0.39, 0.29) is 15.7 Å². The van der Waals surface area contributed by atoms with E-state index in [1.807, 2.05) is 32.9 Å². The van der Waals surface area contributed by atoms with Crippen molar-refractivity contribution in [3.05, 3.63) is 46.2 Å². The van der Waals surface area contributed by atoms with Gasteiger partial charge in [0.05, 0.1) is 5.69 Å². The predicted molar refractivity (Wildman–Crippen MR) is 98.3 cm³/mol. The third kappa shape index (κ3) is 3.96. The average Bonchev–Trinajstić information content (AvgIpc) is 3.03. The van der Waals surface area contributed by atoms with Gasteiger partial charge in [0.2, 0.25) is 0 Å². The highest BCUT2D eigenvalue weighted by Crippen LogP contribution is 2.28. The number of anilines is 1. The van der Waals surface area contributed by atoms with Gasteiger partial charge in [-0.2, -0.15) is 0 Å². The van der Waals surface area contributed by atoms with Crippen molar-refractivity contribution in [2.24, 2.45) is 5.92 Å². The minimum absolute atomic E-state index is 0.0387. The SMILES string of the molecule is Cc1ccc(N(C)S(=O)(=O)c2ccsc2C(=O)NCC(C)C)cc1. The molecule has 0 aliphatic rings. The smallest absolute Gasteiger partial charge is 0.265 e. The van der Waals surface area contributed by atoms with E-state index < -0.39 is 10.0 Å². The van der Waals surface area contributed by atoms with Gasteiger partial charge in [-0.15, -0.1) is 11.3 Å². The molecule has 1 aromatic carbocycles. The first-order chi connectivity index (χ1) is 11.2. The third-order valence-electron chi connectivity index (χ3n) is 3.54. The maximum absolute atomic E-state index is 12.9. The number of amides is 1. The number of sulfonamides is 1. The van der Waals surface area contributed by atoms with Crippen molar-refractivity contribution < 1.29 is 13.2 Å². The van der Waals surface area contributed by atoms with Crippen LogP contribution >= 0.6 is 11.3 Å². The summed E-state index contributed by atoms with van der Waals surface area (Å²) in [7, 11) is -2.30. The fraction of sp³-hybridized carbons (Fsp3) is 0.353. The molecule has 2 rings (SSSR count). The van der Waals surface area contributed by atoms with Crippen LogP contribution in [0, 0.1) is 12.8 Å². The van der Waals surface area contributed by atoms with E-state index in [9.17, 15) is 13.2 Å². The Labute approximate surface area is 147 Å². The highest BCUT2D eigenvalue weighted by molar-refractivity contribution is 7.93. The molecule has 7 heteroatoms. The van der Waals surface area contributed by atoms with Crippen LogP contribution in [0.15, 0.2) is 40.6 Å². The Balaban J connectivity index is 2.32. The fourth-order valence-electron chi connectivity index (χ4n) is 2.08. The van der Waals surface area contributed by atoms with E-state index >= 15 is 0 Å². The summed E-state index contributed by atoms with van der Waals surface area (Å²) in [6.07, 6.45) is 0. The zero-order valence-corrected chi connectivity index (χ0v) is 15.9. The van der Waals surface area contributed by atoms with E-state index in [2.05, 4.69) is 5.32 Å². The molecule has 24 heavy (non-hydrogen) atoms. The number of thiophene rings is 1. The second-order valence-electron chi connectivity index (χ2n) is 6.03. The van der Waals surface area contributed by atoms with Crippen LogP contribution in [0.2, 0.25) is 0 Å². The number of aryl methyl sites for hydroxylation is 1. The van der Waals surface area contributed by atoms with Crippen LogP contribution in [0.5, 0.6) is 0 Å². The van der Waals surface area contributed by atoms with Crippen LogP contribution in [0.1, 0.15) is 29.1 Å². The molecule has 1 aromatic heterocycles. The van der Waals surface area contributed by atoms with Gasteiger partial charge in [0, 0.05) is 13.6 Å². The number of rotatable bonds is 6. The molecular weight excluding hydrogens is 344 g/mol. The Bertz CT molecular complexity index is 809. The van der Waals surface area contributed by atoms with E-state index in [0.717, 1.165) is 16.9 Å². The standard InChI is InChI=1S/C17H22N2O3S2/c1-12(2)11-18-17(20)16-15(9-10-23-16)24(21,22)19(4)14-7-5-13(3)6-8-14/h5-10,12H,11H2,1-4H3,(H,18,20). The normalized spacial score (nSPS) is 11.5. The van der Waals surface area contributed by atoms with E-state index in [1.54, 1.807) is 17.5 Å². The maximum atomic E-state index is 12.9. The molecule has 0 saturated carbocycles. The molecule has 2 aromatic rings. The van der Waals surface area contributed by atoms with Gasteiger partial charge in [-0.05, 0) is 36.4 Å². The number of carbonyl (C=O) groups is 1. The van der Waals surface area contributed by atoms with Crippen LogP contribution in [0.3, 0.4) is 0 Å². The molecule has 0 unspecified atom stereocenters. The van der Waals surface area contributed by atoms with Gasteiger partial charge in [0.1, 0.15) is 9.77 Å².